The quantitative estimate of drug-likeness (QED) is 0.825. The zero-order valence-corrected chi connectivity index (χ0v) is 13.2. The summed E-state index contributed by atoms with van der Waals surface area (Å²) in [5, 5.41) is 9.42. The van der Waals surface area contributed by atoms with E-state index in [-0.39, 0.29) is 12.6 Å². The highest BCUT2D eigenvalue weighted by Crippen LogP contribution is 2.29. The van der Waals surface area contributed by atoms with Crippen LogP contribution in [0.15, 0.2) is 0 Å². The van der Waals surface area contributed by atoms with Crippen LogP contribution in [-0.4, -0.2) is 67.1 Å². The molecule has 2 saturated heterocycles. The summed E-state index contributed by atoms with van der Waals surface area (Å²) >= 11 is 0. The monoisotopic (exact) mass is 306 g/mol. The van der Waals surface area contributed by atoms with Crippen molar-refractivity contribution in [3.05, 3.63) is 0 Å². The van der Waals surface area contributed by atoms with Crippen molar-refractivity contribution in [1.29, 1.82) is 0 Å². The van der Waals surface area contributed by atoms with Gasteiger partial charge in [0.1, 0.15) is 0 Å². The maximum absolute atomic E-state index is 12.8. The van der Waals surface area contributed by atoms with E-state index >= 15 is 0 Å². The fraction of sp³-hybridized carbons (Fsp3) is 1.00. The summed E-state index contributed by atoms with van der Waals surface area (Å²) in [5.41, 5.74) is -0.407. The van der Waals surface area contributed by atoms with Crippen LogP contribution < -0.4 is 0 Å². The minimum Gasteiger partial charge on any atom is -0.395 e. The Kier molecular flexibility index (Phi) is 5.07. The van der Waals surface area contributed by atoms with Crippen LogP contribution in [0.25, 0.3) is 0 Å². The number of hydrogen-bond donors (Lipinski definition) is 1. The third-order valence-electron chi connectivity index (χ3n) is 4.52. The zero-order valence-electron chi connectivity index (χ0n) is 12.4. The van der Waals surface area contributed by atoms with Gasteiger partial charge in [0, 0.05) is 32.8 Å². The van der Waals surface area contributed by atoms with E-state index in [0.29, 0.717) is 19.6 Å². The van der Waals surface area contributed by atoms with Crippen LogP contribution in [0.1, 0.15) is 39.0 Å². The highest BCUT2D eigenvalue weighted by Gasteiger charge is 2.41. The predicted octanol–water partition coefficient (Wildman–Crippen LogP) is 0.579. The van der Waals surface area contributed by atoms with Crippen molar-refractivity contribution in [3.8, 4) is 0 Å². The molecule has 6 nitrogen and oxygen atoms in total. The summed E-state index contributed by atoms with van der Waals surface area (Å²) < 4.78 is 34.1. The Morgan fingerprint density at radius 1 is 1.30 bits per heavy atom. The van der Waals surface area contributed by atoms with Crippen LogP contribution in [0.2, 0.25) is 0 Å². The molecule has 7 heteroatoms. The van der Waals surface area contributed by atoms with E-state index in [1.165, 1.54) is 8.61 Å². The topological polar surface area (TPSA) is 70.1 Å². The van der Waals surface area contributed by atoms with Crippen LogP contribution in [0.3, 0.4) is 0 Å². The molecule has 0 aromatic carbocycles. The molecular weight excluding hydrogens is 280 g/mol. The molecule has 2 atom stereocenters. The summed E-state index contributed by atoms with van der Waals surface area (Å²) in [6.45, 7) is 3.28. The third kappa shape index (κ3) is 3.17. The van der Waals surface area contributed by atoms with Crippen molar-refractivity contribution in [2.24, 2.45) is 0 Å². The number of nitrogens with zero attached hydrogens (tertiary/aromatic N) is 2. The van der Waals surface area contributed by atoms with E-state index in [9.17, 15) is 13.5 Å². The van der Waals surface area contributed by atoms with Crippen LogP contribution in [0.4, 0.5) is 0 Å². The Labute approximate surface area is 121 Å². The van der Waals surface area contributed by atoms with E-state index in [2.05, 4.69) is 0 Å². The molecule has 0 saturated carbocycles. The Morgan fingerprint density at radius 3 is 2.70 bits per heavy atom. The SMILES string of the molecule is COC1(C)CCCN(S(=O)(=O)N2CCCCC2CO)C1. The molecule has 0 spiro atoms. The molecule has 0 aliphatic carbocycles. The van der Waals surface area contributed by atoms with Crippen molar-refractivity contribution >= 4 is 10.2 Å². The predicted molar refractivity (Wildman–Crippen MR) is 76.6 cm³/mol. The molecule has 2 unspecified atom stereocenters. The Bertz CT molecular complexity index is 428. The molecule has 2 fully saturated rings. The number of aliphatic hydroxyl groups is 1. The highest BCUT2D eigenvalue weighted by molar-refractivity contribution is 7.86. The lowest BCUT2D eigenvalue weighted by atomic mass is 9.96. The van der Waals surface area contributed by atoms with Crippen molar-refractivity contribution in [2.45, 2.75) is 50.7 Å². The van der Waals surface area contributed by atoms with Gasteiger partial charge in [0.2, 0.25) is 0 Å². The average Bonchev–Trinajstić information content (AvgIpc) is 2.47. The smallest absolute Gasteiger partial charge is 0.282 e. The summed E-state index contributed by atoms with van der Waals surface area (Å²) in [5.74, 6) is 0. The molecule has 20 heavy (non-hydrogen) atoms. The van der Waals surface area contributed by atoms with Gasteiger partial charge in [-0.15, -0.1) is 0 Å². The van der Waals surface area contributed by atoms with Crippen molar-refractivity contribution in [2.75, 3.05) is 33.4 Å². The van der Waals surface area contributed by atoms with Gasteiger partial charge in [0.15, 0.2) is 0 Å². The molecule has 2 heterocycles. The number of ether oxygens (including phenoxy) is 1. The third-order valence-corrected chi connectivity index (χ3v) is 6.56. The van der Waals surface area contributed by atoms with Gasteiger partial charge in [0.25, 0.3) is 10.2 Å². The number of methoxy groups -OCH3 is 1. The number of piperidine rings is 2. The van der Waals surface area contributed by atoms with Crippen LogP contribution in [-0.2, 0) is 14.9 Å². The van der Waals surface area contributed by atoms with Crippen LogP contribution in [0.5, 0.6) is 0 Å². The lowest BCUT2D eigenvalue weighted by molar-refractivity contribution is -0.0336. The second-order valence-corrected chi connectivity index (χ2v) is 7.92. The fourth-order valence-electron chi connectivity index (χ4n) is 3.13. The van der Waals surface area contributed by atoms with E-state index < -0.39 is 15.8 Å². The lowest BCUT2D eigenvalue weighted by Crippen LogP contribution is -2.57. The van der Waals surface area contributed by atoms with Crippen molar-refractivity contribution in [1.82, 2.24) is 8.61 Å². The van der Waals surface area contributed by atoms with Gasteiger partial charge < -0.3 is 9.84 Å². The van der Waals surface area contributed by atoms with Crippen LogP contribution in [0, 0.1) is 0 Å². The average molecular weight is 306 g/mol. The van der Waals surface area contributed by atoms with Gasteiger partial charge >= 0.3 is 0 Å². The van der Waals surface area contributed by atoms with Gasteiger partial charge in [0.05, 0.1) is 12.2 Å². The molecule has 2 aliphatic rings. The van der Waals surface area contributed by atoms with Gasteiger partial charge in [-0.3, -0.25) is 0 Å². The highest BCUT2D eigenvalue weighted by atomic mass is 32.2. The van der Waals surface area contributed by atoms with E-state index in [4.69, 9.17) is 4.74 Å². The van der Waals surface area contributed by atoms with Gasteiger partial charge in [-0.05, 0) is 32.6 Å². The first kappa shape index (κ1) is 16.2. The maximum Gasteiger partial charge on any atom is 0.282 e. The lowest BCUT2D eigenvalue weighted by Gasteiger charge is -2.43. The van der Waals surface area contributed by atoms with Crippen molar-refractivity contribution in [3.63, 3.8) is 0 Å². The Balaban J connectivity index is 2.16. The van der Waals surface area contributed by atoms with Gasteiger partial charge in [-0.2, -0.15) is 17.0 Å². The molecule has 0 aromatic heterocycles. The molecule has 118 valence electrons. The normalized spacial score (nSPS) is 34.2. The molecule has 2 rings (SSSR count). The summed E-state index contributed by atoms with van der Waals surface area (Å²) in [4.78, 5) is 0. The summed E-state index contributed by atoms with van der Waals surface area (Å²) in [6, 6.07) is -0.274. The second kappa shape index (κ2) is 6.27. The van der Waals surface area contributed by atoms with E-state index in [1.54, 1.807) is 7.11 Å². The first-order valence-corrected chi connectivity index (χ1v) is 8.75. The number of aliphatic hydroxyl groups excluding tert-OH is 1. The minimum atomic E-state index is -3.50. The largest absolute Gasteiger partial charge is 0.395 e. The Hall–Kier alpha value is -0.210. The molecular formula is C13H26N2O4S. The molecule has 0 amide bonds. The first-order chi connectivity index (χ1) is 9.43. The molecule has 0 aromatic rings. The molecule has 2 aliphatic heterocycles. The van der Waals surface area contributed by atoms with E-state index in [0.717, 1.165) is 32.1 Å². The number of hydrogen-bond acceptors (Lipinski definition) is 4. The second-order valence-electron chi connectivity index (χ2n) is 6.04. The summed E-state index contributed by atoms with van der Waals surface area (Å²) in [7, 11) is -1.87. The molecule has 0 radical (unpaired) electrons. The zero-order chi connectivity index (χ0) is 14.8. The van der Waals surface area contributed by atoms with Gasteiger partial charge in [-0.25, -0.2) is 0 Å². The van der Waals surface area contributed by atoms with E-state index in [1.807, 2.05) is 6.92 Å². The summed E-state index contributed by atoms with van der Waals surface area (Å²) in [6.07, 6.45) is 4.27. The number of rotatable bonds is 4. The molecule has 0 bridgehead atoms. The first-order valence-electron chi connectivity index (χ1n) is 7.36. The fourth-order valence-corrected chi connectivity index (χ4v) is 5.13. The van der Waals surface area contributed by atoms with Crippen molar-refractivity contribution < 1.29 is 18.3 Å². The standard InChI is InChI=1S/C13H26N2O4S/c1-13(19-2)7-5-8-14(11-13)20(17,18)15-9-4-3-6-12(15)10-16/h12,16H,3-11H2,1-2H3. The molecule has 1 N–H and O–H groups in total. The maximum atomic E-state index is 12.8. The minimum absolute atomic E-state index is 0.103. The van der Waals surface area contributed by atoms with Crippen LogP contribution >= 0.6 is 0 Å². The Morgan fingerprint density at radius 2 is 2.05 bits per heavy atom. The van der Waals surface area contributed by atoms with Gasteiger partial charge in [-0.1, -0.05) is 6.42 Å².